The minimum atomic E-state index is 0.200. The van der Waals surface area contributed by atoms with Crippen molar-refractivity contribution in [1.82, 2.24) is 20.1 Å². The van der Waals surface area contributed by atoms with Gasteiger partial charge in [-0.25, -0.2) is 0 Å². The quantitative estimate of drug-likeness (QED) is 0.712. The first kappa shape index (κ1) is 15.3. The Morgan fingerprint density at radius 2 is 1.96 bits per heavy atom. The Morgan fingerprint density at radius 1 is 1.13 bits per heavy atom. The highest BCUT2D eigenvalue weighted by atomic mass is 32.2. The molecule has 0 aliphatic heterocycles. The van der Waals surface area contributed by atoms with E-state index in [9.17, 15) is 0 Å². The maximum Gasteiger partial charge on any atom is 0.232 e. The molecule has 0 aliphatic carbocycles. The van der Waals surface area contributed by atoms with Crippen LogP contribution in [0.2, 0.25) is 0 Å². The first-order valence-corrected chi connectivity index (χ1v) is 8.17. The average molecular weight is 328 g/mol. The van der Waals surface area contributed by atoms with Crippen LogP contribution in [0.25, 0.3) is 0 Å². The van der Waals surface area contributed by atoms with Crippen LogP contribution in [-0.2, 0) is 11.5 Å². The number of rotatable bonds is 6. The van der Waals surface area contributed by atoms with Crippen LogP contribution in [0, 0.1) is 6.92 Å². The van der Waals surface area contributed by atoms with Crippen molar-refractivity contribution in [3.05, 3.63) is 53.7 Å². The van der Waals surface area contributed by atoms with Crippen molar-refractivity contribution in [3.8, 4) is 0 Å². The van der Waals surface area contributed by atoms with Gasteiger partial charge in [0.15, 0.2) is 0 Å². The fourth-order valence-electron chi connectivity index (χ4n) is 1.94. The monoisotopic (exact) mass is 328 g/mol. The predicted octanol–water partition coefficient (Wildman–Crippen LogP) is 2.93. The number of thioether (sulfide) groups is 1. The molecule has 0 saturated carbocycles. The normalized spacial score (nSPS) is 10.7. The van der Waals surface area contributed by atoms with Gasteiger partial charge in [0.2, 0.25) is 11.9 Å². The van der Waals surface area contributed by atoms with E-state index in [1.165, 1.54) is 0 Å². The highest BCUT2D eigenvalue weighted by molar-refractivity contribution is 7.97. The lowest BCUT2D eigenvalue weighted by atomic mass is 10.3. The number of aromatic nitrogens is 4. The molecule has 0 atom stereocenters. The summed E-state index contributed by atoms with van der Waals surface area (Å²) in [5, 5.41) is 7.07. The van der Waals surface area contributed by atoms with Gasteiger partial charge >= 0.3 is 0 Å². The third-order valence-corrected chi connectivity index (χ3v) is 3.85. The Balaban J connectivity index is 1.63. The molecule has 2 heterocycles. The summed E-state index contributed by atoms with van der Waals surface area (Å²) in [5.41, 5.74) is 7.56. The molecule has 3 rings (SSSR count). The summed E-state index contributed by atoms with van der Waals surface area (Å²) >= 11 is 1.64. The molecule has 0 radical (unpaired) electrons. The average Bonchev–Trinajstić information content (AvgIpc) is 2.93. The Morgan fingerprint density at radius 3 is 2.70 bits per heavy atom. The van der Waals surface area contributed by atoms with E-state index in [1.54, 1.807) is 11.8 Å². The number of hydrogen-bond donors (Lipinski definition) is 2. The largest absolute Gasteiger partial charge is 0.368 e. The van der Waals surface area contributed by atoms with Gasteiger partial charge in [-0.15, -0.1) is 11.8 Å². The second kappa shape index (κ2) is 7.10. The number of nitrogens with zero attached hydrogens (tertiary/aromatic N) is 4. The molecule has 8 heteroatoms. The molecule has 3 aromatic rings. The number of nitrogens with two attached hydrogens (primary N) is 1. The Hall–Kier alpha value is -2.61. The summed E-state index contributed by atoms with van der Waals surface area (Å²) in [7, 11) is 0. The molecule has 3 N–H and O–H groups in total. The Kier molecular flexibility index (Phi) is 4.72. The minimum absolute atomic E-state index is 0.200. The molecule has 0 saturated heterocycles. The smallest absolute Gasteiger partial charge is 0.232 e. The molecule has 0 aliphatic rings. The standard InChI is InChI=1S/C15H16N6OS/c1-10-7-12(21-22-10)8-23-9-13-18-14(16)20-15(19-13)17-11-5-3-2-4-6-11/h2-7H,8-9H2,1H3,(H3,16,17,18,19,20). The highest BCUT2D eigenvalue weighted by Gasteiger charge is 2.07. The van der Waals surface area contributed by atoms with E-state index in [2.05, 4.69) is 25.4 Å². The molecule has 23 heavy (non-hydrogen) atoms. The van der Waals surface area contributed by atoms with Crippen molar-refractivity contribution < 1.29 is 4.52 Å². The van der Waals surface area contributed by atoms with Gasteiger partial charge in [0.1, 0.15) is 11.6 Å². The third-order valence-electron chi connectivity index (χ3n) is 2.89. The van der Waals surface area contributed by atoms with Crippen LogP contribution in [0.15, 0.2) is 40.9 Å². The SMILES string of the molecule is Cc1cc(CSCc2nc(N)nc(Nc3ccccc3)n2)no1. The molecule has 0 bridgehead atoms. The number of hydrogen-bond acceptors (Lipinski definition) is 8. The van der Waals surface area contributed by atoms with Gasteiger partial charge in [-0.05, 0) is 19.1 Å². The number of nitrogen functional groups attached to an aromatic ring is 1. The van der Waals surface area contributed by atoms with E-state index < -0.39 is 0 Å². The zero-order valence-corrected chi connectivity index (χ0v) is 13.4. The number of benzene rings is 1. The van der Waals surface area contributed by atoms with Crippen LogP contribution in [0.4, 0.5) is 17.6 Å². The first-order chi connectivity index (χ1) is 11.2. The lowest BCUT2D eigenvalue weighted by Crippen LogP contribution is -2.06. The van der Waals surface area contributed by atoms with Crippen molar-refractivity contribution in [1.29, 1.82) is 0 Å². The minimum Gasteiger partial charge on any atom is -0.368 e. The van der Waals surface area contributed by atoms with Gasteiger partial charge in [0.25, 0.3) is 0 Å². The van der Waals surface area contributed by atoms with E-state index in [4.69, 9.17) is 10.3 Å². The third kappa shape index (κ3) is 4.43. The number of nitrogens with one attached hydrogen (secondary N) is 1. The van der Waals surface area contributed by atoms with E-state index in [0.717, 1.165) is 22.9 Å². The van der Waals surface area contributed by atoms with Crippen LogP contribution >= 0.6 is 11.8 Å². The zero-order chi connectivity index (χ0) is 16.1. The van der Waals surface area contributed by atoms with Gasteiger partial charge in [0.05, 0.1) is 11.4 Å². The Labute approximate surface area is 137 Å². The molecule has 0 unspecified atom stereocenters. The second-order valence-corrected chi connectivity index (χ2v) is 5.83. The molecule has 0 amide bonds. The van der Waals surface area contributed by atoms with E-state index >= 15 is 0 Å². The maximum atomic E-state index is 5.76. The van der Waals surface area contributed by atoms with Gasteiger partial charge < -0.3 is 15.6 Å². The van der Waals surface area contributed by atoms with Crippen molar-refractivity contribution >= 4 is 29.3 Å². The van der Waals surface area contributed by atoms with Crippen molar-refractivity contribution in [2.45, 2.75) is 18.4 Å². The van der Waals surface area contributed by atoms with E-state index in [1.807, 2.05) is 43.3 Å². The van der Waals surface area contributed by atoms with Crippen molar-refractivity contribution in [2.75, 3.05) is 11.1 Å². The molecular formula is C15H16N6OS. The second-order valence-electron chi connectivity index (χ2n) is 4.85. The van der Waals surface area contributed by atoms with Crippen LogP contribution in [-0.4, -0.2) is 20.1 Å². The molecule has 118 valence electrons. The van der Waals surface area contributed by atoms with Crippen LogP contribution in [0.3, 0.4) is 0 Å². The van der Waals surface area contributed by atoms with E-state index in [-0.39, 0.29) is 5.95 Å². The van der Waals surface area contributed by atoms with Crippen molar-refractivity contribution in [2.24, 2.45) is 0 Å². The fraction of sp³-hybridized carbons (Fsp3) is 0.200. The summed E-state index contributed by atoms with van der Waals surface area (Å²) in [6.07, 6.45) is 0. The maximum absolute atomic E-state index is 5.76. The topological polar surface area (TPSA) is 103 Å². The van der Waals surface area contributed by atoms with Gasteiger partial charge in [-0.2, -0.15) is 15.0 Å². The molecule has 1 aromatic carbocycles. The van der Waals surface area contributed by atoms with E-state index in [0.29, 0.717) is 17.5 Å². The highest BCUT2D eigenvalue weighted by Crippen LogP contribution is 2.18. The van der Waals surface area contributed by atoms with Gasteiger partial charge in [-0.3, -0.25) is 0 Å². The van der Waals surface area contributed by atoms with Gasteiger partial charge in [0, 0.05) is 17.5 Å². The molecule has 0 spiro atoms. The summed E-state index contributed by atoms with van der Waals surface area (Å²) in [4.78, 5) is 12.7. The zero-order valence-electron chi connectivity index (χ0n) is 12.6. The molecular weight excluding hydrogens is 312 g/mol. The Bertz CT molecular complexity index is 777. The summed E-state index contributed by atoms with van der Waals surface area (Å²) in [5.74, 6) is 3.41. The lowest BCUT2D eigenvalue weighted by molar-refractivity contribution is 0.393. The number of aryl methyl sites for hydroxylation is 1. The first-order valence-electron chi connectivity index (χ1n) is 7.01. The lowest BCUT2D eigenvalue weighted by Gasteiger charge is -2.06. The molecule has 7 nitrogen and oxygen atoms in total. The van der Waals surface area contributed by atoms with Gasteiger partial charge in [-0.1, -0.05) is 23.4 Å². The summed E-state index contributed by atoms with van der Waals surface area (Å²) < 4.78 is 5.04. The van der Waals surface area contributed by atoms with Crippen LogP contribution < -0.4 is 11.1 Å². The molecule has 0 fully saturated rings. The number of anilines is 3. The fourth-order valence-corrected chi connectivity index (χ4v) is 2.70. The molecule has 2 aromatic heterocycles. The number of para-hydroxylation sites is 1. The van der Waals surface area contributed by atoms with Crippen LogP contribution in [0.5, 0.6) is 0 Å². The van der Waals surface area contributed by atoms with Crippen molar-refractivity contribution in [3.63, 3.8) is 0 Å². The summed E-state index contributed by atoms with van der Waals surface area (Å²) in [6.45, 7) is 1.87. The predicted molar refractivity (Wildman–Crippen MR) is 90.2 cm³/mol. The van der Waals surface area contributed by atoms with Crippen LogP contribution in [0.1, 0.15) is 17.3 Å². The summed E-state index contributed by atoms with van der Waals surface area (Å²) in [6, 6.07) is 11.6.